The van der Waals surface area contributed by atoms with E-state index in [1.54, 1.807) is 0 Å². The van der Waals surface area contributed by atoms with Gasteiger partial charge in [0.25, 0.3) is 5.91 Å². The average molecular weight is 412 g/mol. The summed E-state index contributed by atoms with van der Waals surface area (Å²) in [5.74, 6) is -0.377. The van der Waals surface area contributed by atoms with E-state index in [4.69, 9.17) is 11.6 Å². The summed E-state index contributed by atoms with van der Waals surface area (Å²) in [6.07, 6.45) is 1.01. The van der Waals surface area contributed by atoms with E-state index in [0.717, 1.165) is 49.4 Å². The Morgan fingerprint density at radius 2 is 1.75 bits per heavy atom. The summed E-state index contributed by atoms with van der Waals surface area (Å²) in [6.45, 7) is 0. The highest BCUT2D eigenvalue weighted by molar-refractivity contribution is 6.33. The molecule has 3 rings (SSSR count). The lowest BCUT2D eigenvalue weighted by atomic mass is 9.93. The first-order chi connectivity index (χ1) is 13.3. The van der Waals surface area contributed by atoms with Crippen LogP contribution in [0.25, 0.3) is 0 Å². The number of nitrogens with two attached hydrogens (primary N) is 1. The Bertz CT molecular complexity index is 805. The number of quaternary nitrogens is 1. The normalized spacial score (nSPS) is 16.6. The fraction of sp³-hybridized carbons (Fsp3) is 0.381. The first-order valence-corrected chi connectivity index (χ1v) is 9.80. The lowest BCUT2D eigenvalue weighted by Gasteiger charge is -2.25. The number of carbonyl (C=O) groups is 1. The fourth-order valence-electron chi connectivity index (χ4n) is 3.62. The van der Waals surface area contributed by atoms with E-state index in [9.17, 15) is 18.0 Å². The standard InChI is InChI=1S/C21H22ClF3N2O/c22-17-12-11-15(21(23,24)25)13-18(17)27-20(28)19(14-7-3-1-4-8-14)26-16-9-5-2-6-10-16/h1,3-4,7-8,11-13,16,19,26H,2,5-6,9-10H2,(H,27,28)/p+1/t19-/m1/s1. The van der Waals surface area contributed by atoms with Crippen molar-refractivity contribution in [1.29, 1.82) is 0 Å². The van der Waals surface area contributed by atoms with Crippen LogP contribution in [0.15, 0.2) is 48.5 Å². The molecule has 7 heteroatoms. The van der Waals surface area contributed by atoms with Gasteiger partial charge in [0.15, 0.2) is 6.04 Å². The zero-order valence-electron chi connectivity index (χ0n) is 15.3. The molecule has 2 aromatic rings. The van der Waals surface area contributed by atoms with Crippen LogP contribution in [0.3, 0.4) is 0 Å². The molecule has 0 bridgehead atoms. The first kappa shape index (κ1) is 20.7. The van der Waals surface area contributed by atoms with Gasteiger partial charge >= 0.3 is 6.18 Å². The zero-order chi connectivity index (χ0) is 20.1. The van der Waals surface area contributed by atoms with Crippen LogP contribution in [-0.4, -0.2) is 11.9 Å². The van der Waals surface area contributed by atoms with Crippen molar-refractivity contribution in [2.75, 3.05) is 5.32 Å². The van der Waals surface area contributed by atoms with Gasteiger partial charge in [-0.15, -0.1) is 0 Å². The number of benzene rings is 2. The van der Waals surface area contributed by atoms with Gasteiger partial charge in [0.05, 0.1) is 22.3 Å². The van der Waals surface area contributed by atoms with Crippen LogP contribution < -0.4 is 10.6 Å². The molecule has 0 spiro atoms. The summed E-state index contributed by atoms with van der Waals surface area (Å²) in [6, 6.07) is 12.0. The highest BCUT2D eigenvalue weighted by Gasteiger charge is 2.32. The van der Waals surface area contributed by atoms with E-state index in [-0.39, 0.29) is 16.6 Å². The number of alkyl halides is 3. The topological polar surface area (TPSA) is 45.7 Å². The molecular weight excluding hydrogens is 389 g/mol. The Kier molecular flexibility index (Phi) is 6.62. The molecule has 150 valence electrons. The number of nitrogens with one attached hydrogen (secondary N) is 1. The first-order valence-electron chi connectivity index (χ1n) is 9.42. The van der Waals surface area contributed by atoms with Crippen molar-refractivity contribution in [2.24, 2.45) is 0 Å². The van der Waals surface area contributed by atoms with Gasteiger partial charge < -0.3 is 10.6 Å². The quantitative estimate of drug-likeness (QED) is 0.719. The Hall–Kier alpha value is -2.05. The SMILES string of the molecule is O=C(Nc1cc(C(F)(F)F)ccc1Cl)[C@H]([NH2+]C1CCCCC1)c1ccccc1. The van der Waals surface area contributed by atoms with Crippen molar-refractivity contribution in [2.45, 2.75) is 50.4 Å². The highest BCUT2D eigenvalue weighted by atomic mass is 35.5. The fourth-order valence-corrected chi connectivity index (χ4v) is 3.78. The maximum atomic E-state index is 13.0. The largest absolute Gasteiger partial charge is 0.416 e. The van der Waals surface area contributed by atoms with Gasteiger partial charge in [0.2, 0.25) is 0 Å². The van der Waals surface area contributed by atoms with Crippen molar-refractivity contribution < 1.29 is 23.3 Å². The van der Waals surface area contributed by atoms with Gasteiger partial charge in [-0.3, -0.25) is 4.79 Å². The molecule has 0 aromatic heterocycles. The van der Waals surface area contributed by atoms with E-state index >= 15 is 0 Å². The lowest BCUT2D eigenvalue weighted by molar-refractivity contribution is -0.717. The third kappa shape index (κ3) is 5.26. The molecule has 3 nitrogen and oxygen atoms in total. The van der Waals surface area contributed by atoms with Crippen LogP contribution in [0.5, 0.6) is 0 Å². The molecule has 1 aliphatic rings. The van der Waals surface area contributed by atoms with Crippen molar-refractivity contribution in [3.05, 3.63) is 64.7 Å². The van der Waals surface area contributed by atoms with E-state index in [0.29, 0.717) is 6.04 Å². The highest BCUT2D eigenvalue weighted by Crippen LogP contribution is 2.34. The predicted octanol–water partition coefficient (Wildman–Crippen LogP) is 4.93. The van der Waals surface area contributed by atoms with Gasteiger partial charge in [0, 0.05) is 5.56 Å². The summed E-state index contributed by atoms with van der Waals surface area (Å²) < 4.78 is 39.0. The van der Waals surface area contributed by atoms with E-state index in [1.807, 2.05) is 35.6 Å². The molecule has 1 aliphatic carbocycles. The molecule has 0 saturated heterocycles. The van der Waals surface area contributed by atoms with Gasteiger partial charge in [0.1, 0.15) is 0 Å². The average Bonchev–Trinajstić information content (AvgIpc) is 2.68. The van der Waals surface area contributed by atoms with Crippen LogP contribution >= 0.6 is 11.6 Å². The molecule has 1 amide bonds. The van der Waals surface area contributed by atoms with Crippen molar-refractivity contribution >= 4 is 23.2 Å². The lowest BCUT2D eigenvalue weighted by Crippen LogP contribution is -2.92. The van der Waals surface area contributed by atoms with Crippen LogP contribution in [0.4, 0.5) is 18.9 Å². The Morgan fingerprint density at radius 1 is 1.07 bits per heavy atom. The van der Waals surface area contributed by atoms with Crippen LogP contribution in [0.1, 0.15) is 49.3 Å². The predicted molar refractivity (Wildman–Crippen MR) is 103 cm³/mol. The smallest absolute Gasteiger partial charge is 0.330 e. The van der Waals surface area contributed by atoms with Crippen LogP contribution in [0.2, 0.25) is 5.02 Å². The summed E-state index contributed by atoms with van der Waals surface area (Å²) in [5, 5.41) is 4.72. The number of carbonyl (C=O) groups excluding carboxylic acids is 1. The van der Waals surface area contributed by atoms with Gasteiger partial charge in [-0.05, 0) is 43.9 Å². The summed E-state index contributed by atoms with van der Waals surface area (Å²) in [7, 11) is 0. The number of halogens is 4. The van der Waals surface area contributed by atoms with Crippen LogP contribution in [0, 0.1) is 0 Å². The molecule has 0 heterocycles. The number of amides is 1. The Balaban J connectivity index is 1.83. The summed E-state index contributed by atoms with van der Waals surface area (Å²) >= 11 is 6.04. The third-order valence-electron chi connectivity index (χ3n) is 5.11. The van der Waals surface area contributed by atoms with Gasteiger partial charge in [-0.2, -0.15) is 13.2 Å². The van der Waals surface area contributed by atoms with E-state index in [2.05, 4.69) is 5.32 Å². The second-order valence-corrected chi connectivity index (χ2v) is 7.57. The van der Waals surface area contributed by atoms with Crippen molar-refractivity contribution in [1.82, 2.24) is 0 Å². The van der Waals surface area contributed by atoms with E-state index < -0.39 is 17.8 Å². The second kappa shape index (κ2) is 8.97. The number of hydrogen-bond donors (Lipinski definition) is 2. The number of anilines is 1. The molecule has 28 heavy (non-hydrogen) atoms. The minimum atomic E-state index is -4.50. The maximum absolute atomic E-state index is 13.0. The van der Waals surface area contributed by atoms with Crippen LogP contribution in [-0.2, 0) is 11.0 Å². The Labute approximate surface area is 167 Å². The Morgan fingerprint density at radius 3 is 2.39 bits per heavy atom. The zero-order valence-corrected chi connectivity index (χ0v) is 16.1. The number of rotatable bonds is 5. The molecule has 1 saturated carbocycles. The third-order valence-corrected chi connectivity index (χ3v) is 5.44. The molecule has 1 atom stereocenters. The molecular formula is C21H23ClF3N2O+. The monoisotopic (exact) mass is 411 g/mol. The van der Waals surface area contributed by atoms with Gasteiger partial charge in [-0.25, -0.2) is 0 Å². The minimum Gasteiger partial charge on any atom is -0.330 e. The second-order valence-electron chi connectivity index (χ2n) is 7.16. The molecule has 2 aromatic carbocycles. The van der Waals surface area contributed by atoms with Crippen molar-refractivity contribution in [3.63, 3.8) is 0 Å². The number of hydrogen-bond acceptors (Lipinski definition) is 1. The van der Waals surface area contributed by atoms with Crippen molar-refractivity contribution in [3.8, 4) is 0 Å². The summed E-state index contributed by atoms with van der Waals surface area (Å²) in [5.41, 5.74) is -0.0622. The molecule has 0 radical (unpaired) electrons. The molecule has 1 fully saturated rings. The van der Waals surface area contributed by atoms with Gasteiger partial charge in [-0.1, -0.05) is 48.4 Å². The summed E-state index contributed by atoms with van der Waals surface area (Å²) in [4.78, 5) is 13.0. The minimum absolute atomic E-state index is 0.0283. The maximum Gasteiger partial charge on any atom is 0.416 e. The molecule has 3 N–H and O–H groups in total. The molecule has 0 unspecified atom stereocenters. The molecule has 0 aliphatic heterocycles. The van der Waals surface area contributed by atoms with E-state index in [1.165, 1.54) is 6.42 Å².